The Morgan fingerprint density at radius 2 is 1.95 bits per heavy atom. The van der Waals surface area contributed by atoms with Crippen molar-refractivity contribution in [3.8, 4) is 5.75 Å². The van der Waals surface area contributed by atoms with E-state index in [0.717, 1.165) is 40.3 Å². The van der Waals surface area contributed by atoms with Crippen molar-refractivity contribution in [1.82, 2.24) is 5.32 Å². The second kappa shape index (κ2) is 7.67. The lowest BCUT2D eigenvalue weighted by Gasteiger charge is -2.10. The largest absolute Gasteiger partial charge is 0.496 e. The van der Waals surface area contributed by atoms with Gasteiger partial charge >= 0.3 is 0 Å². The van der Waals surface area contributed by atoms with E-state index in [-0.39, 0.29) is 0 Å². The fraction of sp³-hybridized carbons (Fsp3) is 0.250. The Kier molecular flexibility index (Phi) is 5.89. The van der Waals surface area contributed by atoms with Crippen molar-refractivity contribution in [2.24, 2.45) is 0 Å². The summed E-state index contributed by atoms with van der Waals surface area (Å²) in [7, 11) is 1.70. The molecule has 1 N–H and O–H groups in total. The second-order valence-corrected chi connectivity index (χ2v) is 5.80. The number of hydrogen-bond donors (Lipinski definition) is 1. The van der Waals surface area contributed by atoms with Crippen molar-refractivity contribution in [2.45, 2.75) is 13.0 Å². The van der Waals surface area contributed by atoms with Crippen LogP contribution in [-0.4, -0.2) is 13.7 Å². The van der Waals surface area contributed by atoms with Gasteiger partial charge in [0.05, 0.1) is 7.11 Å². The molecule has 0 aromatic heterocycles. The van der Waals surface area contributed by atoms with Gasteiger partial charge in [0.2, 0.25) is 0 Å². The number of halogens is 2. The molecule has 0 aliphatic carbocycles. The molecule has 0 bridgehead atoms. The molecule has 0 heterocycles. The van der Waals surface area contributed by atoms with E-state index in [1.54, 1.807) is 7.11 Å². The molecular formula is C16H17BrClNO. The maximum atomic E-state index is 6.18. The van der Waals surface area contributed by atoms with Crippen molar-refractivity contribution in [2.75, 3.05) is 13.7 Å². The first-order chi connectivity index (χ1) is 9.70. The Hall–Kier alpha value is -1.03. The zero-order chi connectivity index (χ0) is 14.4. The molecule has 2 aromatic carbocycles. The molecule has 0 atom stereocenters. The van der Waals surface area contributed by atoms with Crippen molar-refractivity contribution < 1.29 is 4.74 Å². The van der Waals surface area contributed by atoms with E-state index in [1.807, 2.05) is 36.4 Å². The quantitative estimate of drug-likeness (QED) is 0.774. The fourth-order valence-corrected chi connectivity index (χ4v) is 2.76. The standard InChI is InChI=1S/C16H17BrClNO/c1-20-16-5-3-2-4-12(16)8-9-19-11-13-6-7-14(17)10-15(13)18/h2-7,10,19H,8-9,11H2,1H3. The summed E-state index contributed by atoms with van der Waals surface area (Å²) in [6, 6.07) is 14.0. The normalized spacial score (nSPS) is 10.6. The zero-order valence-electron chi connectivity index (χ0n) is 11.3. The van der Waals surface area contributed by atoms with E-state index in [2.05, 4.69) is 27.3 Å². The van der Waals surface area contributed by atoms with Crippen LogP contribution in [0.5, 0.6) is 5.75 Å². The van der Waals surface area contributed by atoms with E-state index in [0.29, 0.717) is 0 Å². The van der Waals surface area contributed by atoms with E-state index in [4.69, 9.17) is 16.3 Å². The maximum Gasteiger partial charge on any atom is 0.122 e. The first-order valence-corrected chi connectivity index (χ1v) is 7.64. The highest BCUT2D eigenvalue weighted by molar-refractivity contribution is 9.10. The van der Waals surface area contributed by atoms with Crippen LogP contribution in [0.2, 0.25) is 5.02 Å². The van der Waals surface area contributed by atoms with Crippen molar-refractivity contribution in [1.29, 1.82) is 0 Å². The average molecular weight is 355 g/mol. The molecule has 0 amide bonds. The van der Waals surface area contributed by atoms with Crippen LogP contribution in [0.25, 0.3) is 0 Å². The van der Waals surface area contributed by atoms with Gasteiger partial charge in [0.25, 0.3) is 0 Å². The lowest BCUT2D eigenvalue weighted by molar-refractivity contribution is 0.409. The van der Waals surface area contributed by atoms with E-state index >= 15 is 0 Å². The summed E-state index contributed by atoms with van der Waals surface area (Å²) in [6.45, 7) is 1.65. The van der Waals surface area contributed by atoms with Crippen LogP contribution in [0.3, 0.4) is 0 Å². The molecule has 2 aromatic rings. The first-order valence-electron chi connectivity index (χ1n) is 6.47. The van der Waals surface area contributed by atoms with Gasteiger partial charge in [-0.15, -0.1) is 0 Å². The highest BCUT2D eigenvalue weighted by Gasteiger charge is 2.03. The molecule has 106 valence electrons. The smallest absolute Gasteiger partial charge is 0.122 e. The number of hydrogen-bond acceptors (Lipinski definition) is 2. The molecule has 0 saturated carbocycles. The van der Waals surface area contributed by atoms with Gasteiger partial charge in [-0.25, -0.2) is 0 Å². The monoisotopic (exact) mass is 353 g/mol. The summed E-state index contributed by atoms with van der Waals surface area (Å²) in [5.74, 6) is 0.941. The minimum Gasteiger partial charge on any atom is -0.496 e. The van der Waals surface area contributed by atoms with Gasteiger partial charge in [0.15, 0.2) is 0 Å². The summed E-state index contributed by atoms with van der Waals surface area (Å²) in [5, 5.41) is 4.19. The molecule has 2 rings (SSSR count). The van der Waals surface area contributed by atoms with Crippen LogP contribution < -0.4 is 10.1 Å². The fourth-order valence-electron chi connectivity index (χ4n) is 2.02. The van der Waals surface area contributed by atoms with Crippen molar-refractivity contribution in [3.05, 3.63) is 63.1 Å². The van der Waals surface area contributed by atoms with Gasteiger partial charge < -0.3 is 10.1 Å². The summed E-state index contributed by atoms with van der Waals surface area (Å²) in [4.78, 5) is 0. The van der Waals surface area contributed by atoms with Crippen LogP contribution in [0.15, 0.2) is 46.9 Å². The van der Waals surface area contributed by atoms with Crippen LogP contribution in [0, 0.1) is 0 Å². The molecular weight excluding hydrogens is 338 g/mol. The number of rotatable bonds is 6. The Morgan fingerprint density at radius 1 is 1.15 bits per heavy atom. The van der Waals surface area contributed by atoms with Gasteiger partial charge in [-0.1, -0.05) is 51.8 Å². The Morgan fingerprint density at radius 3 is 2.70 bits per heavy atom. The number of para-hydroxylation sites is 1. The predicted molar refractivity (Wildman–Crippen MR) is 87.6 cm³/mol. The lowest BCUT2D eigenvalue weighted by atomic mass is 10.1. The number of methoxy groups -OCH3 is 1. The molecule has 20 heavy (non-hydrogen) atoms. The minimum atomic E-state index is 0.765. The Bertz CT molecular complexity index is 574. The molecule has 0 unspecified atom stereocenters. The number of nitrogens with one attached hydrogen (secondary N) is 1. The van der Waals surface area contributed by atoms with E-state index < -0.39 is 0 Å². The summed E-state index contributed by atoms with van der Waals surface area (Å²) in [6.07, 6.45) is 0.929. The maximum absolute atomic E-state index is 6.18. The molecule has 4 heteroatoms. The summed E-state index contributed by atoms with van der Waals surface area (Å²) in [5.41, 5.74) is 2.32. The molecule has 0 fully saturated rings. The summed E-state index contributed by atoms with van der Waals surface area (Å²) >= 11 is 9.59. The molecule has 0 radical (unpaired) electrons. The topological polar surface area (TPSA) is 21.3 Å². The SMILES string of the molecule is COc1ccccc1CCNCc1ccc(Br)cc1Cl. The number of ether oxygens (including phenoxy) is 1. The first kappa shape index (κ1) is 15.4. The van der Waals surface area contributed by atoms with Crippen molar-refractivity contribution in [3.63, 3.8) is 0 Å². The highest BCUT2D eigenvalue weighted by atomic mass is 79.9. The van der Waals surface area contributed by atoms with Gasteiger partial charge in [-0.3, -0.25) is 0 Å². The molecule has 2 nitrogen and oxygen atoms in total. The van der Waals surface area contributed by atoms with Crippen LogP contribution in [0.4, 0.5) is 0 Å². The van der Waals surface area contributed by atoms with Gasteiger partial charge in [-0.05, 0) is 42.3 Å². The Balaban J connectivity index is 1.84. The third kappa shape index (κ3) is 4.23. The van der Waals surface area contributed by atoms with E-state index in [1.165, 1.54) is 5.56 Å². The van der Waals surface area contributed by atoms with Gasteiger partial charge in [0.1, 0.15) is 5.75 Å². The van der Waals surface area contributed by atoms with Crippen molar-refractivity contribution >= 4 is 27.5 Å². The molecule has 0 saturated heterocycles. The molecule has 0 aliphatic rings. The Labute approximate surface area is 133 Å². The average Bonchev–Trinajstić information content (AvgIpc) is 2.46. The van der Waals surface area contributed by atoms with Crippen LogP contribution in [-0.2, 0) is 13.0 Å². The van der Waals surface area contributed by atoms with Gasteiger partial charge in [0, 0.05) is 16.0 Å². The third-order valence-electron chi connectivity index (χ3n) is 3.09. The molecule has 0 spiro atoms. The van der Waals surface area contributed by atoms with Crippen LogP contribution in [0.1, 0.15) is 11.1 Å². The van der Waals surface area contributed by atoms with E-state index in [9.17, 15) is 0 Å². The minimum absolute atomic E-state index is 0.765. The van der Waals surface area contributed by atoms with Gasteiger partial charge in [-0.2, -0.15) is 0 Å². The zero-order valence-corrected chi connectivity index (χ0v) is 13.7. The summed E-state index contributed by atoms with van der Waals surface area (Å²) < 4.78 is 6.34. The predicted octanol–water partition coefficient (Wildman–Crippen LogP) is 4.44. The highest BCUT2D eigenvalue weighted by Crippen LogP contribution is 2.21. The molecule has 0 aliphatic heterocycles. The second-order valence-electron chi connectivity index (χ2n) is 4.47. The van der Waals surface area contributed by atoms with Crippen LogP contribution >= 0.6 is 27.5 Å². The number of benzene rings is 2. The lowest BCUT2D eigenvalue weighted by Crippen LogP contribution is -2.17. The third-order valence-corrected chi connectivity index (χ3v) is 3.94.